The van der Waals surface area contributed by atoms with Gasteiger partial charge in [0.05, 0.1) is 3.57 Å². The number of nitrogens with zero attached hydrogens (tertiary/aromatic N) is 1. The number of phenolic OH excluding ortho intramolecular Hbond substituents is 1. The van der Waals surface area contributed by atoms with Gasteiger partial charge in [0.2, 0.25) is 0 Å². The number of rotatable bonds is 4. The Balaban J connectivity index is 2.40. The molecule has 5 heteroatoms. The quantitative estimate of drug-likeness (QED) is 0.621. The van der Waals surface area contributed by atoms with Gasteiger partial charge in [-0.05, 0) is 63.2 Å². The van der Waals surface area contributed by atoms with Crippen molar-refractivity contribution in [2.75, 3.05) is 26.2 Å². The van der Waals surface area contributed by atoms with Crippen LogP contribution in [0.15, 0.2) is 12.1 Å². The molecule has 0 saturated carbocycles. The molecule has 0 amide bonds. The summed E-state index contributed by atoms with van der Waals surface area (Å²) < 4.78 is 2.15. The van der Waals surface area contributed by atoms with E-state index >= 15 is 0 Å². The summed E-state index contributed by atoms with van der Waals surface area (Å²) in [6.07, 6.45) is 1.12. The molecule has 112 valence electrons. The number of hydrogen-bond acceptors (Lipinski definition) is 3. The molecule has 0 spiro atoms. The summed E-state index contributed by atoms with van der Waals surface area (Å²) >= 11 is 4.57. The molecule has 1 heterocycles. The van der Waals surface area contributed by atoms with Crippen LogP contribution in [0.1, 0.15) is 31.9 Å². The molecule has 1 unspecified atom stereocenters. The van der Waals surface area contributed by atoms with Gasteiger partial charge >= 0.3 is 0 Å². The lowest BCUT2D eigenvalue weighted by Crippen LogP contribution is -2.46. The van der Waals surface area contributed by atoms with Crippen molar-refractivity contribution in [1.82, 2.24) is 10.2 Å². The van der Waals surface area contributed by atoms with Gasteiger partial charge in [-0.15, -0.1) is 0 Å². The smallest absolute Gasteiger partial charge is 0.133 e. The van der Waals surface area contributed by atoms with Crippen LogP contribution in [0, 0.1) is 13.1 Å². The molecule has 1 fully saturated rings. The van der Waals surface area contributed by atoms with Crippen molar-refractivity contribution in [3.05, 3.63) is 24.8 Å². The fourth-order valence-electron chi connectivity index (χ4n) is 2.86. The summed E-state index contributed by atoms with van der Waals surface area (Å²) in [7, 11) is 0. The van der Waals surface area contributed by atoms with Crippen LogP contribution >= 0.6 is 45.2 Å². The second-order valence-electron chi connectivity index (χ2n) is 5.44. The minimum Gasteiger partial charge on any atom is -0.506 e. The zero-order valence-electron chi connectivity index (χ0n) is 12.0. The van der Waals surface area contributed by atoms with E-state index in [1.165, 1.54) is 3.57 Å². The second kappa shape index (κ2) is 7.60. The Morgan fingerprint density at radius 3 is 2.55 bits per heavy atom. The summed E-state index contributed by atoms with van der Waals surface area (Å²) in [6.45, 7) is 8.70. The fourth-order valence-corrected chi connectivity index (χ4v) is 4.75. The molecule has 0 aliphatic carbocycles. The summed E-state index contributed by atoms with van der Waals surface area (Å²) in [4.78, 5) is 2.52. The average molecular weight is 500 g/mol. The summed E-state index contributed by atoms with van der Waals surface area (Å²) in [5.74, 6) is 1.00. The first-order valence-electron chi connectivity index (χ1n) is 7.17. The lowest BCUT2D eigenvalue weighted by molar-refractivity contribution is 0.126. The van der Waals surface area contributed by atoms with Crippen molar-refractivity contribution in [3.63, 3.8) is 0 Å². The van der Waals surface area contributed by atoms with Crippen molar-refractivity contribution >= 4 is 45.2 Å². The van der Waals surface area contributed by atoms with E-state index in [9.17, 15) is 5.11 Å². The molecule has 1 saturated heterocycles. The molecule has 0 bridgehead atoms. The first-order valence-corrected chi connectivity index (χ1v) is 9.33. The largest absolute Gasteiger partial charge is 0.506 e. The van der Waals surface area contributed by atoms with Crippen LogP contribution in [0.25, 0.3) is 0 Å². The average Bonchev–Trinajstić information content (AvgIpc) is 2.45. The van der Waals surface area contributed by atoms with Crippen molar-refractivity contribution in [2.24, 2.45) is 5.92 Å². The number of piperazine rings is 1. The third-order valence-electron chi connectivity index (χ3n) is 4.10. The maximum absolute atomic E-state index is 10.5. The van der Waals surface area contributed by atoms with Crippen LogP contribution in [-0.4, -0.2) is 36.2 Å². The molecule has 1 aromatic carbocycles. The van der Waals surface area contributed by atoms with E-state index in [2.05, 4.69) is 75.3 Å². The molecule has 0 radical (unpaired) electrons. The highest BCUT2D eigenvalue weighted by Gasteiger charge is 2.29. The van der Waals surface area contributed by atoms with Gasteiger partial charge in [0.1, 0.15) is 5.75 Å². The molecule has 2 atom stereocenters. The number of halogens is 2. The van der Waals surface area contributed by atoms with E-state index in [1.54, 1.807) is 0 Å². The van der Waals surface area contributed by atoms with Gasteiger partial charge in [-0.25, -0.2) is 0 Å². The first kappa shape index (κ1) is 16.8. The lowest BCUT2D eigenvalue weighted by Gasteiger charge is -2.38. The molecule has 2 N–H and O–H groups in total. The predicted octanol–water partition coefficient (Wildman–Crippen LogP) is 3.59. The highest BCUT2D eigenvalue weighted by atomic mass is 127. The van der Waals surface area contributed by atoms with Crippen LogP contribution in [0.4, 0.5) is 0 Å². The van der Waals surface area contributed by atoms with E-state index in [1.807, 2.05) is 6.07 Å². The molecule has 1 aliphatic heterocycles. The van der Waals surface area contributed by atoms with Gasteiger partial charge in [0.15, 0.2) is 0 Å². The van der Waals surface area contributed by atoms with Crippen LogP contribution < -0.4 is 5.32 Å². The van der Waals surface area contributed by atoms with Crippen LogP contribution in [0.3, 0.4) is 0 Å². The highest BCUT2D eigenvalue weighted by molar-refractivity contribution is 14.1. The second-order valence-corrected chi connectivity index (χ2v) is 7.85. The van der Waals surface area contributed by atoms with E-state index in [4.69, 9.17) is 0 Å². The summed E-state index contributed by atoms with van der Waals surface area (Å²) in [6, 6.07) is 4.49. The molecule has 3 nitrogen and oxygen atoms in total. The highest BCUT2D eigenvalue weighted by Crippen LogP contribution is 2.39. The number of nitrogens with one attached hydrogen (secondary N) is 1. The normalized spacial score (nSPS) is 19.8. The molecule has 2 rings (SSSR count). The maximum Gasteiger partial charge on any atom is 0.133 e. The minimum atomic E-state index is 0.310. The zero-order chi connectivity index (χ0) is 14.7. The molecular formula is C15H22I2N2O. The number of aromatic hydroxyl groups is 1. The van der Waals surface area contributed by atoms with Crippen LogP contribution in [0.5, 0.6) is 5.75 Å². The third-order valence-corrected chi connectivity index (χ3v) is 5.55. The van der Waals surface area contributed by atoms with Crippen LogP contribution in [0.2, 0.25) is 0 Å². The molecule has 0 aromatic heterocycles. The Hall–Kier alpha value is 0.400. The number of benzene rings is 1. The maximum atomic E-state index is 10.5. The molecular weight excluding hydrogens is 478 g/mol. The SMILES string of the molecule is CCC(C)[C@H](c1cc(I)cc(I)c1O)N1CCNCC1. The van der Waals surface area contributed by atoms with E-state index in [0.29, 0.717) is 17.7 Å². The Bertz CT molecular complexity index is 461. The topological polar surface area (TPSA) is 35.5 Å². The Kier molecular flexibility index (Phi) is 6.37. The summed E-state index contributed by atoms with van der Waals surface area (Å²) in [5, 5.41) is 13.9. The molecule has 20 heavy (non-hydrogen) atoms. The lowest BCUT2D eigenvalue weighted by atomic mass is 9.90. The van der Waals surface area contributed by atoms with Gasteiger partial charge in [-0.3, -0.25) is 4.90 Å². The van der Waals surface area contributed by atoms with E-state index < -0.39 is 0 Å². The Morgan fingerprint density at radius 2 is 1.95 bits per heavy atom. The van der Waals surface area contributed by atoms with Crippen LogP contribution in [-0.2, 0) is 0 Å². The van der Waals surface area contributed by atoms with Gasteiger partial charge in [-0.1, -0.05) is 20.3 Å². The van der Waals surface area contributed by atoms with Crippen molar-refractivity contribution < 1.29 is 5.11 Å². The number of phenols is 1. The van der Waals surface area contributed by atoms with Crippen molar-refractivity contribution in [3.8, 4) is 5.75 Å². The monoisotopic (exact) mass is 500 g/mol. The van der Waals surface area contributed by atoms with Crippen molar-refractivity contribution in [2.45, 2.75) is 26.3 Å². The Labute approximate surface area is 148 Å². The third kappa shape index (κ3) is 3.78. The molecule has 1 aliphatic rings. The predicted molar refractivity (Wildman–Crippen MR) is 100 cm³/mol. The van der Waals surface area contributed by atoms with Crippen molar-refractivity contribution in [1.29, 1.82) is 0 Å². The van der Waals surface area contributed by atoms with Gasteiger partial charge in [-0.2, -0.15) is 0 Å². The first-order chi connectivity index (χ1) is 9.54. The fraction of sp³-hybridized carbons (Fsp3) is 0.600. The summed E-state index contributed by atoms with van der Waals surface area (Å²) in [5.41, 5.74) is 1.09. The number of hydrogen-bond donors (Lipinski definition) is 2. The van der Waals surface area contributed by atoms with E-state index in [0.717, 1.165) is 41.7 Å². The standard InChI is InChI=1S/C15H22I2N2O/c1-3-10(2)14(19-6-4-18-5-7-19)12-8-11(16)9-13(17)15(12)20/h8-10,14,18,20H,3-7H2,1-2H3/t10?,14-/m1/s1. The van der Waals surface area contributed by atoms with E-state index in [-0.39, 0.29) is 0 Å². The minimum absolute atomic E-state index is 0.310. The van der Waals surface area contributed by atoms with Gasteiger partial charge in [0.25, 0.3) is 0 Å². The Morgan fingerprint density at radius 1 is 1.30 bits per heavy atom. The molecule has 1 aromatic rings. The zero-order valence-corrected chi connectivity index (χ0v) is 16.3. The van der Waals surface area contributed by atoms with Gasteiger partial charge in [0, 0.05) is 41.4 Å². The van der Waals surface area contributed by atoms with Gasteiger partial charge < -0.3 is 10.4 Å².